The zero-order valence-electron chi connectivity index (χ0n) is 17.3. The highest BCUT2D eigenvalue weighted by Crippen LogP contribution is 2.60. The van der Waals surface area contributed by atoms with Gasteiger partial charge < -0.3 is 15.5 Å². The van der Waals surface area contributed by atoms with Crippen molar-refractivity contribution in [1.29, 1.82) is 0 Å². The average molecular weight is 375 g/mol. The molecular weight excluding hydrogens is 336 g/mol. The smallest absolute Gasteiger partial charge is 0.220 e. The molecule has 1 saturated heterocycles. The lowest BCUT2D eigenvalue weighted by Gasteiger charge is -2.56. The van der Waals surface area contributed by atoms with E-state index in [4.69, 9.17) is 4.99 Å². The van der Waals surface area contributed by atoms with Crippen molar-refractivity contribution in [1.82, 2.24) is 15.5 Å². The minimum Gasteiger partial charge on any atom is -0.359 e. The van der Waals surface area contributed by atoms with Crippen LogP contribution in [0.5, 0.6) is 0 Å². The van der Waals surface area contributed by atoms with Crippen molar-refractivity contribution < 1.29 is 4.79 Å². The van der Waals surface area contributed by atoms with Gasteiger partial charge in [0, 0.05) is 39.6 Å². The molecule has 1 amide bonds. The lowest BCUT2D eigenvalue weighted by atomic mass is 9.49. The van der Waals surface area contributed by atoms with Crippen molar-refractivity contribution in [2.75, 3.05) is 33.2 Å². The Kier molecular flexibility index (Phi) is 5.65. The fourth-order valence-corrected chi connectivity index (χ4v) is 6.87. The first-order valence-electron chi connectivity index (χ1n) is 11.3. The van der Waals surface area contributed by atoms with Crippen LogP contribution in [0.25, 0.3) is 0 Å². The maximum Gasteiger partial charge on any atom is 0.220 e. The van der Waals surface area contributed by atoms with Gasteiger partial charge in [0.2, 0.25) is 5.91 Å². The van der Waals surface area contributed by atoms with E-state index in [0.29, 0.717) is 17.8 Å². The molecule has 0 spiro atoms. The van der Waals surface area contributed by atoms with Gasteiger partial charge in [0.15, 0.2) is 5.96 Å². The van der Waals surface area contributed by atoms with Gasteiger partial charge in [-0.2, -0.15) is 0 Å². The standard InChI is InChI=1S/C22H38N4O/c1-3-24-21(26-6-4-16(5-7-26)11-20(27)23-2)25-15-22-12-17-8-18(13-22)10-19(9-17)14-22/h16-19H,3-15H2,1-2H3,(H,23,27)(H,24,25). The van der Waals surface area contributed by atoms with E-state index in [9.17, 15) is 4.79 Å². The molecule has 5 aliphatic rings. The van der Waals surface area contributed by atoms with Crippen LogP contribution in [0.3, 0.4) is 0 Å². The highest BCUT2D eigenvalue weighted by Gasteiger charge is 2.50. The third kappa shape index (κ3) is 4.27. The summed E-state index contributed by atoms with van der Waals surface area (Å²) in [4.78, 5) is 19.3. The Bertz CT molecular complexity index is 529. The molecule has 0 atom stereocenters. The SMILES string of the molecule is CCNC(=NCC12CC3CC(CC(C3)C1)C2)N1CCC(CC(=O)NC)CC1. The zero-order chi connectivity index (χ0) is 18.9. The van der Waals surface area contributed by atoms with E-state index in [1.54, 1.807) is 7.05 Å². The quantitative estimate of drug-likeness (QED) is 0.574. The second-order valence-electron chi connectivity index (χ2n) is 9.90. The Labute approximate surface area is 164 Å². The number of amides is 1. The average Bonchev–Trinajstić information content (AvgIpc) is 2.65. The summed E-state index contributed by atoms with van der Waals surface area (Å²) >= 11 is 0. The van der Waals surface area contributed by atoms with Crippen LogP contribution in [0.1, 0.15) is 64.7 Å². The van der Waals surface area contributed by atoms with Crippen LogP contribution in [0, 0.1) is 29.1 Å². The predicted octanol–water partition coefficient (Wildman–Crippen LogP) is 3.02. The molecule has 0 aromatic heterocycles. The van der Waals surface area contributed by atoms with Crippen molar-refractivity contribution in [3.05, 3.63) is 0 Å². The Hall–Kier alpha value is -1.26. The number of carbonyl (C=O) groups is 1. The van der Waals surface area contributed by atoms with Gasteiger partial charge in [0.25, 0.3) is 0 Å². The number of hydrogen-bond donors (Lipinski definition) is 2. The van der Waals surface area contributed by atoms with Gasteiger partial charge >= 0.3 is 0 Å². The molecule has 0 radical (unpaired) electrons. The Morgan fingerprint density at radius 1 is 1.07 bits per heavy atom. The summed E-state index contributed by atoms with van der Waals surface area (Å²) in [7, 11) is 1.73. The fourth-order valence-electron chi connectivity index (χ4n) is 6.87. The maximum atomic E-state index is 11.6. The number of guanidine groups is 1. The molecule has 152 valence electrons. The topological polar surface area (TPSA) is 56.7 Å². The minimum absolute atomic E-state index is 0.177. The number of carbonyl (C=O) groups excluding carboxylic acids is 1. The van der Waals surface area contributed by atoms with Gasteiger partial charge in [-0.05, 0) is 87.4 Å². The molecule has 4 bridgehead atoms. The molecule has 0 aromatic carbocycles. The summed E-state index contributed by atoms with van der Waals surface area (Å²) in [6, 6.07) is 0. The van der Waals surface area contributed by atoms with Crippen LogP contribution in [-0.2, 0) is 4.79 Å². The fraction of sp³-hybridized carbons (Fsp3) is 0.909. The van der Waals surface area contributed by atoms with E-state index in [0.717, 1.165) is 62.7 Å². The van der Waals surface area contributed by atoms with Gasteiger partial charge in [-0.15, -0.1) is 0 Å². The molecule has 5 heteroatoms. The van der Waals surface area contributed by atoms with E-state index in [1.807, 2.05) is 0 Å². The molecule has 5 nitrogen and oxygen atoms in total. The number of hydrogen-bond acceptors (Lipinski definition) is 2. The highest BCUT2D eigenvalue weighted by molar-refractivity contribution is 5.80. The minimum atomic E-state index is 0.177. The number of piperidine rings is 1. The molecule has 5 fully saturated rings. The maximum absolute atomic E-state index is 11.6. The van der Waals surface area contributed by atoms with Crippen LogP contribution in [0.2, 0.25) is 0 Å². The van der Waals surface area contributed by atoms with Gasteiger partial charge in [-0.25, -0.2) is 0 Å². The molecule has 4 aliphatic carbocycles. The highest BCUT2D eigenvalue weighted by atomic mass is 16.1. The van der Waals surface area contributed by atoms with Gasteiger partial charge in [0.05, 0.1) is 0 Å². The van der Waals surface area contributed by atoms with Crippen LogP contribution >= 0.6 is 0 Å². The Balaban J connectivity index is 1.36. The largest absolute Gasteiger partial charge is 0.359 e. The third-order valence-corrected chi connectivity index (χ3v) is 7.73. The van der Waals surface area contributed by atoms with Gasteiger partial charge in [-0.1, -0.05) is 0 Å². The zero-order valence-corrected chi connectivity index (χ0v) is 17.3. The van der Waals surface area contributed by atoms with E-state index < -0.39 is 0 Å². The number of rotatable bonds is 5. The summed E-state index contributed by atoms with van der Waals surface area (Å²) in [5, 5.41) is 6.31. The summed E-state index contributed by atoms with van der Waals surface area (Å²) in [6.45, 7) is 6.16. The molecule has 1 aliphatic heterocycles. The molecule has 1 heterocycles. The second kappa shape index (κ2) is 8.00. The monoisotopic (exact) mass is 374 g/mol. The lowest BCUT2D eigenvalue weighted by molar-refractivity contribution is -0.121. The molecule has 2 N–H and O–H groups in total. The first-order valence-corrected chi connectivity index (χ1v) is 11.3. The van der Waals surface area contributed by atoms with Crippen molar-refractivity contribution in [3.8, 4) is 0 Å². The lowest BCUT2D eigenvalue weighted by Crippen LogP contribution is -2.49. The first-order chi connectivity index (χ1) is 13.1. The van der Waals surface area contributed by atoms with E-state index >= 15 is 0 Å². The first kappa shape index (κ1) is 19.1. The van der Waals surface area contributed by atoms with Gasteiger partial charge in [0.1, 0.15) is 0 Å². The van der Waals surface area contributed by atoms with Gasteiger partial charge in [-0.3, -0.25) is 9.79 Å². The molecule has 0 unspecified atom stereocenters. The van der Waals surface area contributed by atoms with Crippen LogP contribution in [-0.4, -0.2) is 50.0 Å². The molecule has 27 heavy (non-hydrogen) atoms. The summed E-state index contributed by atoms with van der Waals surface area (Å²) in [6.07, 6.45) is 11.6. The van der Waals surface area contributed by atoms with Crippen LogP contribution in [0.4, 0.5) is 0 Å². The third-order valence-electron chi connectivity index (χ3n) is 7.73. The van der Waals surface area contributed by atoms with E-state index in [-0.39, 0.29) is 5.91 Å². The Morgan fingerprint density at radius 2 is 1.67 bits per heavy atom. The summed E-state index contributed by atoms with van der Waals surface area (Å²) < 4.78 is 0. The molecule has 5 rings (SSSR count). The molecule has 4 saturated carbocycles. The second-order valence-corrected chi connectivity index (χ2v) is 9.90. The number of nitrogens with one attached hydrogen (secondary N) is 2. The normalized spacial score (nSPS) is 36.1. The number of nitrogens with zero attached hydrogens (tertiary/aromatic N) is 2. The predicted molar refractivity (Wildman–Crippen MR) is 110 cm³/mol. The van der Waals surface area contributed by atoms with Crippen molar-refractivity contribution >= 4 is 11.9 Å². The number of aliphatic imine (C=N–C) groups is 1. The van der Waals surface area contributed by atoms with Crippen molar-refractivity contribution in [2.24, 2.45) is 34.1 Å². The van der Waals surface area contributed by atoms with Crippen molar-refractivity contribution in [3.63, 3.8) is 0 Å². The van der Waals surface area contributed by atoms with E-state index in [1.165, 1.54) is 38.5 Å². The van der Waals surface area contributed by atoms with Crippen LogP contribution in [0.15, 0.2) is 4.99 Å². The van der Waals surface area contributed by atoms with Crippen LogP contribution < -0.4 is 10.6 Å². The molecule has 0 aromatic rings. The molecular formula is C22H38N4O. The Morgan fingerprint density at radius 3 is 2.19 bits per heavy atom. The number of likely N-dealkylation sites (tertiary alicyclic amines) is 1. The van der Waals surface area contributed by atoms with E-state index in [2.05, 4.69) is 22.5 Å². The van der Waals surface area contributed by atoms with Crippen molar-refractivity contribution in [2.45, 2.75) is 64.7 Å². The summed E-state index contributed by atoms with van der Waals surface area (Å²) in [5.41, 5.74) is 0.507. The summed E-state index contributed by atoms with van der Waals surface area (Å²) in [5.74, 6) is 4.80.